The normalized spacial score (nSPS) is 22.0. The third kappa shape index (κ3) is 2.72. The average molecular weight is 325 g/mol. The van der Waals surface area contributed by atoms with Crippen LogP contribution in [0.1, 0.15) is 24.1 Å². The third-order valence-electron chi connectivity index (χ3n) is 4.67. The zero-order valence-electron chi connectivity index (χ0n) is 13.2. The summed E-state index contributed by atoms with van der Waals surface area (Å²) >= 11 is 0. The Kier molecular flexibility index (Phi) is 3.66. The van der Waals surface area contributed by atoms with Gasteiger partial charge in [0.1, 0.15) is 11.3 Å². The lowest BCUT2D eigenvalue weighted by molar-refractivity contribution is -0.0415. The number of aromatic nitrogens is 4. The van der Waals surface area contributed by atoms with Gasteiger partial charge in [-0.2, -0.15) is 15.4 Å². The van der Waals surface area contributed by atoms with E-state index < -0.39 is 5.60 Å². The number of hydrogen-bond acceptors (Lipinski definition) is 5. The van der Waals surface area contributed by atoms with Crippen LogP contribution in [0.2, 0.25) is 0 Å². The zero-order chi connectivity index (χ0) is 16.6. The van der Waals surface area contributed by atoms with Gasteiger partial charge in [-0.25, -0.2) is 0 Å². The fourth-order valence-corrected chi connectivity index (χ4v) is 3.44. The van der Waals surface area contributed by atoms with Crippen molar-refractivity contribution >= 4 is 10.9 Å². The maximum atomic E-state index is 12.3. The number of aromatic amines is 2. The second-order valence-corrected chi connectivity index (χ2v) is 6.41. The number of β-amino-alcohol motifs (C(OH)–C–C–N with tert-alkyl or cyclic N) is 1. The summed E-state index contributed by atoms with van der Waals surface area (Å²) in [5.74, 6) is 0. The van der Waals surface area contributed by atoms with Crippen molar-refractivity contribution in [2.75, 3.05) is 13.1 Å². The largest absolute Gasteiger partial charge is 0.382 e. The lowest BCUT2D eigenvalue weighted by Crippen LogP contribution is -2.46. The molecular weight excluding hydrogens is 306 g/mol. The number of para-hydroxylation sites is 1. The first-order valence-electron chi connectivity index (χ1n) is 8.06. The molecule has 3 aromatic rings. The highest BCUT2D eigenvalue weighted by Gasteiger charge is 2.37. The average Bonchev–Trinajstić information content (AvgIpc) is 3.11. The van der Waals surface area contributed by atoms with Crippen LogP contribution in [0.15, 0.2) is 41.3 Å². The lowest BCUT2D eigenvalue weighted by Gasteiger charge is -2.37. The standard InChI is InChI=1S/C17H19N5O2/c23-16-13(8-12-4-1-2-5-14(12)19-16)10-22-7-3-6-17(24,11-22)15-9-18-21-20-15/h1-2,4-5,8-9,24H,3,6-7,10-11H2,(H,19,23)(H,18,20,21)/t17-/m0/s1. The number of benzene rings is 1. The van der Waals surface area contributed by atoms with Gasteiger partial charge in [-0.1, -0.05) is 18.2 Å². The van der Waals surface area contributed by atoms with Gasteiger partial charge in [-0.05, 0) is 36.9 Å². The van der Waals surface area contributed by atoms with E-state index in [9.17, 15) is 9.90 Å². The van der Waals surface area contributed by atoms with E-state index in [0.717, 1.165) is 23.9 Å². The zero-order valence-corrected chi connectivity index (χ0v) is 13.2. The van der Waals surface area contributed by atoms with E-state index in [4.69, 9.17) is 0 Å². The Bertz CT molecular complexity index is 905. The highest BCUT2D eigenvalue weighted by molar-refractivity contribution is 5.78. The molecule has 2 aromatic heterocycles. The first-order chi connectivity index (χ1) is 11.6. The summed E-state index contributed by atoms with van der Waals surface area (Å²) in [6.07, 6.45) is 3.05. The lowest BCUT2D eigenvalue weighted by atomic mass is 9.90. The minimum atomic E-state index is -1.02. The van der Waals surface area contributed by atoms with Crippen molar-refractivity contribution in [3.63, 3.8) is 0 Å². The van der Waals surface area contributed by atoms with E-state index in [0.29, 0.717) is 30.8 Å². The van der Waals surface area contributed by atoms with Gasteiger partial charge in [0.05, 0.1) is 6.20 Å². The molecule has 7 heteroatoms. The van der Waals surface area contributed by atoms with E-state index in [1.807, 2.05) is 30.3 Å². The summed E-state index contributed by atoms with van der Waals surface area (Å²) in [5.41, 5.74) is 1.00. The van der Waals surface area contributed by atoms with Crippen LogP contribution in [0.3, 0.4) is 0 Å². The first kappa shape index (κ1) is 15.0. The van der Waals surface area contributed by atoms with Crippen molar-refractivity contribution < 1.29 is 5.11 Å². The smallest absolute Gasteiger partial charge is 0.252 e. The molecule has 4 rings (SSSR count). The number of piperidine rings is 1. The second-order valence-electron chi connectivity index (χ2n) is 6.41. The van der Waals surface area contributed by atoms with Crippen molar-refractivity contribution in [1.82, 2.24) is 25.3 Å². The van der Waals surface area contributed by atoms with Crippen molar-refractivity contribution in [2.24, 2.45) is 0 Å². The Morgan fingerprint density at radius 2 is 2.21 bits per heavy atom. The summed E-state index contributed by atoms with van der Waals surface area (Å²) in [6.45, 7) is 1.78. The van der Waals surface area contributed by atoms with Crippen molar-refractivity contribution in [3.05, 3.63) is 58.1 Å². The third-order valence-corrected chi connectivity index (χ3v) is 4.67. The Labute approximate surface area is 138 Å². The van der Waals surface area contributed by atoms with Crippen molar-refractivity contribution in [1.29, 1.82) is 0 Å². The molecule has 7 nitrogen and oxygen atoms in total. The van der Waals surface area contributed by atoms with E-state index in [2.05, 4.69) is 25.3 Å². The predicted molar refractivity (Wildman–Crippen MR) is 89.4 cm³/mol. The fraction of sp³-hybridized carbons (Fsp3) is 0.353. The van der Waals surface area contributed by atoms with E-state index in [1.165, 1.54) is 0 Å². The molecule has 1 aliphatic rings. The molecule has 1 fully saturated rings. The van der Waals surface area contributed by atoms with Gasteiger partial charge < -0.3 is 10.1 Å². The predicted octanol–water partition coefficient (Wildman–Crippen LogP) is 1.13. The second kappa shape index (κ2) is 5.85. The maximum Gasteiger partial charge on any atom is 0.252 e. The van der Waals surface area contributed by atoms with Gasteiger partial charge in [0.25, 0.3) is 5.56 Å². The molecule has 0 aliphatic carbocycles. The van der Waals surface area contributed by atoms with Gasteiger partial charge in [0.2, 0.25) is 0 Å². The summed E-state index contributed by atoms with van der Waals surface area (Å²) in [6, 6.07) is 9.66. The molecule has 0 amide bonds. The van der Waals surface area contributed by atoms with Crippen molar-refractivity contribution in [3.8, 4) is 0 Å². The first-order valence-corrected chi connectivity index (χ1v) is 8.06. The molecule has 124 valence electrons. The molecule has 24 heavy (non-hydrogen) atoms. The monoisotopic (exact) mass is 325 g/mol. The van der Waals surface area contributed by atoms with Crippen LogP contribution in [-0.2, 0) is 12.1 Å². The number of hydrogen-bond donors (Lipinski definition) is 3. The minimum Gasteiger partial charge on any atom is -0.382 e. The van der Waals surface area contributed by atoms with E-state index >= 15 is 0 Å². The van der Waals surface area contributed by atoms with Gasteiger partial charge >= 0.3 is 0 Å². The SMILES string of the molecule is O=c1[nH]c2ccccc2cc1CN1CCC[C@@](O)(c2cn[nH]n2)C1. The number of likely N-dealkylation sites (tertiary alicyclic amines) is 1. The number of nitrogens with zero attached hydrogens (tertiary/aromatic N) is 3. The highest BCUT2D eigenvalue weighted by Crippen LogP contribution is 2.30. The molecule has 0 unspecified atom stereocenters. The molecule has 1 aliphatic heterocycles. The number of aliphatic hydroxyl groups is 1. The Morgan fingerprint density at radius 1 is 1.33 bits per heavy atom. The fourth-order valence-electron chi connectivity index (χ4n) is 3.44. The van der Waals surface area contributed by atoms with Crippen molar-refractivity contribution in [2.45, 2.75) is 25.0 Å². The Balaban J connectivity index is 1.59. The van der Waals surface area contributed by atoms with Crippen LogP contribution < -0.4 is 5.56 Å². The number of H-pyrrole nitrogens is 2. The van der Waals surface area contributed by atoms with Crippen LogP contribution in [-0.4, -0.2) is 43.5 Å². The molecular formula is C17H19N5O2. The molecule has 3 heterocycles. The van der Waals surface area contributed by atoms with E-state index in [1.54, 1.807) is 6.20 Å². The molecule has 1 atom stereocenters. The highest BCUT2D eigenvalue weighted by atomic mass is 16.3. The minimum absolute atomic E-state index is 0.0794. The molecule has 0 spiro atoms. The van der Waals surface area contributed by atoms with Gasteiger partial charge in [-0.15, -0.1) is 0 Å². The number of rotatable bonds is 3. The van der Waals surface area contributed by atoms with Crippen LogP contribution in [0, 0.1) is 0 Å². The molecule has 0 radical (unpaired) electrons. The molecule has 1 aromatic carbocycles. The molecule has 0 bridgehead atoms. The summed E-state index contributed by atoms with van der Waals surface area (Å²) in [5, 5.41) is 22.3. The summed E-state index contributed by atoms with van der Waals surface area (Å²) < 4.78 is 0. The Hall–Kier alpha value is -2.51. The van der Waals surface area contributed by atoms with Crippen LogP contribution >= 0.6 is 0 Å². The van der Waals surface area contributed by atoms with Crippen LogP contribution in [0.5, 0.6) is 0 Å². The number of pyridine rings is 1. The van der Waals surface area contributed by atoms with Gasteiger partial charge in [-0.3, -0.25) is 9.69 Å². The topological polar surface area (TPSA) is 97.9 Å². The maximum absolute atomic E-state index is 12.3. The van der Waals surface area contributed by atoms with E-state index in [-0.39, 0.29) is 5.56 Å². The van der Waals surface area contributed by atoms with Crippen LogP contribution in [0.25, 0.3) is 10.9 Å². The molecule has 1 saturated heterocycles. The number of fused-ring (bicyclic) bond motifs is 1. The quantitative estimate of drug-likeness (QED) is 0.670. The summed E-state index contributed by atoms with van der Waals surface area (Å²) in [7, 11) is 0. The molecule has 3 N–H and O–H groups in total. The van der Waals surface area contributed by atoms with Gasteiger partial charge in [0, 0.05) is 24.2 Å². The number of nitrogens with one attached hydrogen (secondary N) is 2. The molecule has 0 saturated carbocycles. The van der Waals surface area contributed by atoms with Crippen LogP contribution in [0.4, 0.5) is 0 Å². The summed E-state index contributed by atoms with van der Waals surface area (Å²) in [4.78, 5) is 17.3. The van der Waals surface area contributed by atoms with Gasteiger partial charge in [0.15, 0.2) is 0 Å². The Morgan fingerprint density at radius 3 is 3.04 bits per heavy atom.